The summed E-state index contributed by atoms with van der Waals surface area (Å²) in [6.07, 6.45) is 1.99. The van der Waals surface area contributed by atoms with E-state index in [-0.39, 0.29) is 24.4 Å². The smallest absolute Gasteiger partial charge is 0.235 e. The van der Waals surface area contributed by atoms with Crippen molar-refractivity contribution in [3.8, 4) is 6.07 Å². The Morgan fingerprint density at radius 2 is 2.18 bits per heavy atom. The van der Waals surface area contributed by atoms with Gasteiger partial charge in [0.2, 0.25) is 5.91 Å². The van der Waals surface area contributed by atoms with Gasteiger partial charge in [0.25, 0.3) is 0 Å². The Hall–Kier alpha value is -1.28. The molecule has 1 aromatic carbocycles. The minimum atomic E-state index is -0.764. The van der Waals surface area contributed by atoms with Crippen LogP contribution in [0.4, 0.5) is 0 Å². The molecule has 0 spiro atoms. The van der Waals surface area contributed by atoms with Gasteiger partial charge in [0.1, 0.15) is 5.54 Å². The Morgan fingerprint density at radius 3 is 2.73 bits per heavy atom. The van der Waals surface area contributed by atoms with Gasteiger partial charge in [-0.05, 0) is 50.3 Å². The first-order valence-corrected chi connectivity index (χ1v) is 8.02. The molecule has 0 bridgehead atoms. The van der Waals surface area contributed by atoms with Crippen LogP contribution in [0.25, 0.3) is 0 Å². The van der Waals surface area contributed by atoms with Crippen LogP contribution in [0.5, 0.6) is 0 Å². The molecule has 1 saturated carbocycles. The summed E-state index contributed by atoms with van der Waals surface area (Å²) in [6, 6.07) is 7.40. The number of benzene rings is 1. The van der Waals surface area contributed by atoms with Gasteiger partial charge in [-0.15, -0.1) is 0 Å². The molecule has 0 aliphatic heterocycles. The van der Waals surface area contributed by atoms with E-state index < -0.39 is 5.54 Å². The van der Waals surface area contributed by atoms with Crippen LogP contribution in [0.2, 0.25) is 10.0 Å². The highest BCUT2D eigenvalue weighted by molar-refractivity contribution is 6.35. The molecule has 22 heavy (non-hydrogen) atoms. The van der Waals surface area contributed by atoms with Gasteiger partial charge in [-0.1, -0.05) is 29.3 Å². The Labute approximate surface area is 140 Å². The highest BCUT2D eigenvalue weighted by atomic mass is 35.5. The summed E-state index contributed by atoms with van der Waals surface area (Å²) in [5, 5.41) is 16.3. The molecule has 0 aromatic heterocycles. The predicted octanol–water partition coefficient (Wildman–Crippen LogP) is 3.45. The van der Waals surface area contributed by atoms with Crippen molar-refractivity contribution in [2.75, 3.05) is 6.54 Å². The van der Waals surface area contributed by atoms with Crippen molar-refractivity contribution in [2.45, 2.75) is 38.3 Å². The summed E-state index contributed by atoms with van der Waals surface area (Å²) in [5.41, 5.74) is 0.115. The molecule has 0 saturated heterocycles. The fraction of sp³-hybridized carbons (Fsp3) is 0.500. The Kier molecular flexibility index (Phi) is 5.33. The molecule has 1 aliphatic carbocycles. The number of nitriles is 1. The largest absolute Gasteiger partial charge is 0.337 e. The van der Waals surface area contributed by atoms with E-state index in [0.717, 1.165) is 18.4 Å². The van der Waals surface area contributed by atoms with E-state index in [0.29, 0.717) is 10.0 Å². The normalized spacial score (nSPS) is 18.1. The van der Waals surface area contributed by atoms with Crippen molar-refractivity contribution in [3.05, 3.63) is 33.8 Å². The average molecular weight is 340 g/mol. The average Bonchev–Trinajstić information content (AvgIpc) is 3.29. The van der Waals surface area contributed by atoms with E-state index >= 15 is 0 Å². The monoisotopic (exact) mass is 339 g/mol. The lowest BCUT2D eigenvalue weighted by Crippen LogP contribution is -2.49. The number of nitrogens with one attached hydrogen (secondary N) is 2. The van der Waals surface area contributed by atoms with Gasteiger partial charge in [-0.3, -0.25) is 4.79 Å². The fourth-order valence-corrected chi connectivity index (χ4v) is 3.00. The third-order valence-electron chi connectivity index (χ3n) is 4.02. The SMILES string of the molecule is C[C@@H](NCC(=O)N[C@@](C)(C#N)C1CC1)c1ccc(Cl)cc1Cl. The molecule has 2 atom stereocenters. The van der Waals surface area contributed by atoms with Gasteiger partial charge in [-0.25, -0.2) is 0 Å². The zero-order valence-corrected chi connectivity index (χ0v) is 14.1. The number of nitrogens with zero attached hydrogens (tertiary/aromatic N) is 1. The molecule has 2 N–H and O–H groups in total. The minimum Gasteiger partial charge on any atom is -0.337 e. The Bertz CT molecular complexity index is 610. The number of hydrogen-bond donors (Lipinski definition) is 2. The third-order valence-corrected chi connectivity index (χ3v) is 4.59. The van der Waals surface area contributed by atoms with E-state index in [4.69, 9.17) is 23.2 Å². The first-order chi connectivity index (χ1) is 10.4. The zero-order chi connectivity index (χ0) is 16.3. The first-order valence-electron chi connectivity index (χ1n) is 7.26. The standard InChI is InChI=1S/C16H19Cl2N3O/c1-10(13-6-5-12(17)7-14(13)18)20-8-15(22)21-16(2,9-19)11-3-4-11/h5-7,10-11,20H,3-4,8H2,1-2H3,(H,21,22)/t10-,16+/m1/s1. The van der Waals surface area contributed by atoms with Crippen molar-refractivity contribution >= 4 is 29.1 Å². The van der Waals surface area contributed by atoms with E-state index in [9.17, 15) is 10.1 Å². The second-order valence-electron chi connectivity index (χ2n) is 5.91. The van der Waals surface area contributed by atoms with Crippen LogP contribution in [0.3, 0.4) is 0 Å². The molecule has 1 aliphatic rings. The summed E-state index contributed by atoms with van der Waals surface area (Å²) < 4.78 is 0. The molecule has 0 heterocycles. The van der Waals surface area contributed by atoms with Crippen molar-refractivity contribution in [1.29, 1.82) is 5.26 Å². The zero-order valence-electron chi connectivity index (χ0n) is 12.6. The highest BCUT2D eigenvalue weighted by Crippen LogP contribution is 2.39. The van der Waals surface area contributed by atoms with Crippen LogP contribution in [0.15, 0.2) is 18.2 Å². The van der Waals surface area contributed by atoms with Gasteiger partial charge in [0.15, 0.2) is 0 Å². The molecule has 6 heteroatoms. The van der Waals surface area contributed by atoms with Crippen molar-refractivity contribution in [2.24, 2.45) is 5.92 Å². The van der Waals surface area contributed by atoms with Gasteiger partial charge < -0.3 is 10.6 Å². The molecule has 0 unspecified atom stereocenters. The number of halogens is 2. The van der Waals surface area contributed by atoms with E-state index in [1.807, 2.05) is 13.0 Å². The van der Waals surface area contributed by atoms with Crippen LogP contribution in [-0.2, 0) is 4.79 Å². The quantitative estimate of drug-likeness (QED) is 0.834. The molecular weight excluding hydrogens is 321 g/mol. The molecule has 1 amide bonds. The summed E-state index contributed by atoms with van der Waals surface area (Å²) >= 11 is 12.0. The van der Waals surface area contributed by atoms with Crippen LogP contribution in [0, 0.1) is 17.2 Å². The van der Waals surface area contributed by atoms with Crippen molar-refractivity contribution in [1.82, 2.24) is 10.6 Å². The lowest BCUT2D eigenvalue weighted by molar-refractivity contribution is -0.121. The van der Waals surface area contributed by atoms with Crippen molar-refractivity contribution in [3.63, 3.8) is 0 Å². The second kappa shape index (κ2) is 6.87. The minimum absolute atomic E-state index is 0.0928. The molecule has 1 aromatic rings. The number of amides is 1. The summed E-state index contributed by atoms with van der Waals surface area (Å²) in [6.45, 7) is 3.83. The van der Waals surface area contributed by atoms with Gasteiger partial charge >= 0.3 is 0 Å². The highest BCUT2D eigenvalue weighted by Gasteiger charge is 2.42. The third kappa shape index (κ3) is 4.13. The first kappa shape index (κ1) is 17.1. The molecule has 4 nitrogen and oxygen atoms in total. The maximum Gasteiger partial charge on any atom is 0.235 e. The molecular formula is C16H19Cl2N3O. The van der Waals surface area contributed by atoms with Crippen LogP contribution >= 0.6 is 23.2 Å². The Morgan fingerprint density at radius 1 is 1.50 bits per heavy atom. The van der Waals surface area contributed by atoms with Crippen LogP contribution in [0.1, 0.15) is 38.3 Å². The maximum absolute atomic E-state index is 12.0. The number of rotatable bonds is 6. The maximum atomic E-state index is 12.0. The van der Waals surface area contributed by atoms with Crippen LogP contribution < -0.4 is 10.6 Å². The number of hydrogen-bond acceptors (Lipinski definition) is 3. The van der Waals surface area contributed by atoms with E-state index in [1.54, 1.807) is 19.1 Å². The number of carbonyl (C=O) groups is 1. The molecule has 1 fully saturated rings. The lowest BCUT2D eigenvalue weighted by Gasteiger charge is -2.23. The predicted molar refractivity (Wildman–Crippen MR) is 87.8 cm³/mol. The summed E-state index contributed by atoms with van der Waals surface area (Å²) in [5.74, 6) is 0.0810. The van der Waals surface area contributed by atoms with E-state index in [1.165, 1.54) is 0 Å². The Balaban J connectivity index is 1.89. The van der Waals surface area contributed by atoms with Crippen LogP contribution in [-0.4, -0.2) is 18.0 Å². The summed E-state index contributed by atoms with van der Waals surface area (Å²) in [4.78, 5) is 12.0. The van der Waals surface area contributed by atoms with Gasteiger partial charge in [0, 0.05) is 16.1 Å². The van der Waals surface area contributed by atoms with Crippen molar-refractivity contribution < 1.29 is 4.79 Å². The number of carbonyl (C=O) groups excluding carboxylic acids is 1. The molecule has 118 valence electrons. The summed E-state index contributed by atoms with van der Waals surface area (Å²) in [7, 11) is 0. The lowest BCUT2D eigenvalue weighted by atomic mass is 9.98. The second-order valence-corrected chi connectivity index (χ2v) is 6.75. The molecule has 2 rings (SSSR count). The topological polar surface area (TPSA) is 64.9 Å². The van der Waals surface area contributed by atoms with Gasteiger partial charge in [-0.2, -0.15) is 5.26 Å². The molecule has 0 radical (unpaired) electrons. The fourth-order valence-electron chi connectivity index (χ4n) is 2.42. The van der Waals surface area contributed by atoms with Gasteiger partial charge in [0.05, 0.1) is 12.6 Å². The van der Waals surface area contributed by atoms with E-state index in [2.05, 4.69) is 16.7 Å².